The van der Waals surface area contributed by atoms with Crippen LogP contribution in [0.5, 0.6) is 0 Å². The molecule has 0 atom stereocenters. The summed E-state index contributed by atoms with van der Waals surface area (Å²) in [6.45, 7) is -0.0293. The summed E-state index contributed by atoms with van der Waals surface area (Å²) in [5.74, 6) is -0.624. The molecule has 0 aliphatic carbocycles. The van der Waals surface area contributed by atoms with Crippen molar-refractivity contribution in [3.8, 4) is 11.3 Å². The second kappa shape index (κ2) is 6.73. The van der Waals surface area contributed by atoms with Crippen LogP contribution < -0.4 is 5.56 Å². The van der Waals surface area contributed by atoms with Gasteiger partial charge in [-0.3, -0.25) is 14.6 Å². The number of ether oxygens (including phenoxy) is 1. The number of esters is 1. The SMILES string of the molecule is Cn1cc(COC(=O)c2cc3nc(-c4ccccc4)cc(=O)n3[nH]2)c(Cl)n1. The van der Waals surface area contributed by atoms with Crippen LogP contribution in [0.1, 0.15) is 16.1 Å². The van der Waals surface area contributed by atoms with Crippen LogP contribution in [0.2, 0.25) is 5.15 Å². The molecule has 0 amide bonds. The van der Waals surface area contributed by atoms with Gasteiger partial charge in [0.05, 0.1) is 5.69 Å². The molecule has 0 saturated carbocycles. The van der Waals surface area contributed by atoms with Gasteiger partial charge < -0.3 is 4.74 Å². The summed E-state index contributed by atoms with van der Waals surface area (Å²) in [5, 5.41) is 6.96. The predicted octanol–water partition coefficient (Wildman–Crippen LogP) is 2.43. The van der Waals surface area contributed by atoms with Crippen molar-refractivity contribution >= 4 is 23.2 Å². The van der Waals surface area contributed by atoms with Gasteiger partial charge in [-0.05, 0) is 0 Å². The number of halogens is 1. The van der Waals surface area contributed by atoms with Crippen LogP contribution in [0, 0.1) is 0 Å². The highest BCUT2D eigenvalue weighted by Gasteiger charge is 2.15. The van der Waals surface area contributed by atoms with E-state index in [0.717, 1.165) is 5.56 Å². The molecule has 0 aliphatic rings. The Morgan fingerprint density at radius 1 is 1.26 bits per heavy atom. The zero-order valence-corrected chi connectivity index (χ0v) is 15.0. The van der Waals surface area contributed by atoms with E-state index in [0.29, 0.717) is 16.9 Å². The van der Waals surface area contributed by atoms with Gasteiger partial charge in [0, 0.05) is 36.5 Å². The Balaban J connectivity index is 1.61. The minimum atomic E-state index is -0.624. The van der Waals surface area contributed by atoms with Crippen molar-refractivity contribution in [1.82, 2.24) is 24.4 Å². The molecule has 1 N–H and O–H groups in total. The maximum Gasteiger partial charge on any atom is 0.356 e. The molecule has 3 heterocycles. The summed E-state index contributed by atoms with van der Waals surface area (Å²) in [7, 11) is 1.72. The Hall–Kier alpha value is -3.39. The van der Waals surface area contributed by atoms with Gasteiger partial charge in [-0.1, -0.05) is 41.9 Å². The average molecular weight is 384 g/mol. The van der Waals surface area contributed by atoms with Crippen LogP contribution in [0.25, 0.3) is 16.9 Å². The van der Waals surface area contributed by atoms with Crippen molar-refractivity contribution < 1.29 is 9.53 Å². The lowest BCUT2D eigenvalue weighted by molar-refractivity contribution is 0.0465. The maximum absolute atomic E-state index is 12.3. The summed E-state index contributed by atoms with van der Waals surface area (Å²) in [4.78, 5) is 29.1. The highest BCUT2D eigenvalue weighted by atomic mass is 35.5. The first-order chi connectivity index (χ1) is 13.0. The molecule has 0 saturated heterocycles. The molecule has 0 bridgehead atoms. The van der Waals surface area contributed by atoms with Crippen molar-refractivity contribution in [1.29, 1.82) is 0 Å². The molecule has 9 heteroatoms. The average Bonchev–Trinajstić information content (AvgIpc) is 3.23. The number of rotatable bonds is 4. The van der Waals surface area contributed by atoms with Crippen LogP contribution in [-0.4, -0.2) is 30.3 Å². The minimum absolute atomic E-state index is 0.0293. The van der Waals surface area contributed by atoms with Gasteiger partial charge in [-0.2, -0.15) is 5.10 Å². The smallest absolute Gasteiger partial charge is 0.356 e. The summed E-state index contributed by atoms with van der Waals surface area (Å²) in [6.07, 6.45) is 1.67. The number of nitrogens with zero attached hydrogens (tertiary/aromatic N) is 4. The van der Waals surface area contributed by atoms with E-state index in [1.807, 2.05) is 30.3 Å². The third kappa shape index (κ3) is 3.34. The first kappa shape index (κ1) is 17.0. The minimum Gasteiger partial charge on any atom is -0.456 e. The lowest BCUT2D eigenvalue weighted by atomic mass is 10.1. The molecule has 0 spiro atoms. The molecule has 0 fully saturated rings. The van der Waals surface area contributed by atoms with Crippen molar-refractivity contribution in [2.45, 2.75) is 6.61 Å². The van der Waals surface area contributed by atoms with Crippen molar-refractivity contribution in [2.75, 3.05) is 0 Å². The van der Waals surface area contributed by atoms with Crippen LogP contribution in [0.15, 0.2) is 53.5 Å². The van der Waals surface area contributed by atoms with Crippen molar-refractivity contribution in [3.05, 3.63) is 75.4 Å². The van der Waals surface area contributed by atoms with E-state index >= 15 is 0 Å². The van der Waals surface area contributed by atoms with E-state index in [1.54, 1.807) is 13.2 Å². The predicted molar refractivity (Wildman–Crippen MR) is 98.6 cm³/mol. The van der Waals surface area contributed by atoms with E-state index in [1.165, 1.54) is 21.3 Å². The summed E-state index contributed by atoms with van der Waals surface area (Å²) >= 11 is 5.95. The molecule has 0 radical (unpaired) electrons. The molecular weight excluding hydrogens is 370 g/mol. The molecule has 4 aromatic rings. The third-order valence-corrected chi connectivity index (χ3v) is 4.27. The number of H-pyrrole nitrogens is 1. The fourth-order valence-corrected chi connectivity index (χ4v) is 2.90. The van der Waals surface area contributed by atoms with E-state index < -0.39 is 5.97 Å². The number of aromatic nitrogens is 5. The zero-order valence-electron chi connectivity index (χ0n) is 14.2. The summed E-state index contributed by atoms with van der Waals surface area (Å²) in [5.41, 5.74) is 2.05. The van der Waals surface area contributed by atoms with Gasteiger partial charge in [0.2, 0.25) is 0 Å². The monoisotopic (exact) mass is 383 g/mol. The number of hydrogen-bond donors (Lipinski definition) is 1. The molecular formula is C18H14ClN5O3. The van der Waals surface area contributed by atoms with Crippen LogP contribution in [0.3, 0.4) is 0 Å². The van der Waals surface area contributed by atoms with Gasteiger partial charge in [-0.15, -0.1) is 0 Å². The normalized spacial score (nSPS) is 11.0. The summed E-state index contributed by atoms with van der Waals surface area (Å²) in [6, 6.07) is 12.2. The zero-order chi connectivity index (χ0) is 19.0. The number of carbonyl (C=O) groups is 1. The Morgan fingerprint density at radius 3 is 2.74 bits per heavy atom. The Labute approximate surface area is 158 Å². The largest absolute Gasteiger partial charge is 0.456 e. The number of carbonyl (C=O) groups excluding carboxylic acids is 1. The van der Waals surface area contributed by atoms with Gasteiger partial charge in [-0.25, -0.2) is 14.3 Å². The number of aryl methyl sites for hydroxylation is 1. The van der Waals surface area contributed by atoms with Crippen LogP contribution in [-0.2, 0) is 18.4 Å². The molecule has 27 heavy (non-hydrogen) atoms. The molecule has 8 nitrogen and oxygen atoms in total. The molecule has 0 unspecified atom stereocenters. The fraction of sp³-hybridized carbons (Fsp3) is 0.111. The van der Waals surface area contributed by atoms with Crippen LogP contribution >= 0.6 is 11.6 Å². The van der Waals surface area contributed by atoms with E-state index in [9.17, 15) is 9.59 Å². The van der Waals surface area contributed by atoms with E-state index in [4.69, 9.17) is 16.3 Å². The maximum atomic E-state index is 12.3. The van der Waals surface area contributed by atoms with Crippen molar-refractivity contribution in [2.24, 2.45) is 7.05 Å². The Kier molecular flexibility index (Phi) is 4.25. The van der Waals surface area contributed by atoms with Gasteiger partial charge in [0.25, 0.3) is 5.56 Å². The second-order valence-electron chi connectivity index (χ2n) is 5.90. The fourth-order valence-electron chi connectivity index (χ4n) is 2.68. The first-order valence-electron chi connectivity index (χ1n) is 8.04. The first-order valence-corrected chi connectivity index (χ1v) is 8.42. The van der Waals surface area contributed by atoms with Crippen LogP contribution in [0.4, 0.5) is 0 Å². The number of aromatic amines is 1. The standard InChI is InChI=1S/C18H14ClN5O3/c1-23-9-12(17(19)22-23)10-27-18(26)14-7-15-20-13(8-16(25)24(15)21-14)11-5-3-2-4-6-11/h2-9,21H,10H2,1H3. The van der Waals surface area contributed by atoms with Crippen molar-refractivity contribution in [3.63, 3.8) is 0 Å². The molecule has 3 aromatic heterocycles. The molecule has 1 aromatic carbocycles. The lowest BCUT2D eigenvalue weighted by Crippen LogP contribution is -2.15. The molecule has 4 rings (SSSR count). The number of benzene rings is 1. The quantitative estimate of drug-likeness (QED) is 0.546. The molecule has 0 aliphatic heterocycles. The van der Waals surface area contributed by atoms with Gasteiger partial charge in [0.1, 0.15) is 12.3 Å². The second-order valence-corrected chi connectivity index (χ2v) is 6.26. The third-order valence-electron chi connectivity index (χ3n) is 3.95. The summed E-state index contributed by atoms with van der Waals surface area (Å²) < 4.78 is 7.97. The number of nitrogens with one attached hydrogen (secondary N) is 1. The Bertz CT molecular complexity index is 1190. The van der Waals surface area contributed by atoms with Gasteiger partial charge >= 0.3 is 5.97 Å². The lowest BCUT2D eigenvalue weighted by Gasteiger charge is -2.01. The number of hydrogen-bond acceptors (Lipinski definition) is 5. The molecule has 136 valence electrons. The van der Waals surface area contributed by atoms with Gasteiger partial charge in [0.15, 0.2) is 10.8 Å². The van der Waals surface area contributed by atoms with E-state index in [-0.39, 0.29) is 23.0 Å². The highest BCUT2D eigenvalue weighted by molar-refractivity contribution is 6.30. The van der Waals surface area contributed by atoms with E-state index in [2.05, 4.69) is 15.2 Å². The highest BCUT2D eigenvalue weighted by Crippen LogP contribution is 2.17. The number of fused-ring (bicyclic) bond motifs is 1. The topological polar surface area (TPSA) is 94.3 Å². The Morgan fingerprint density at radius 2 is 2.04 bits per heavy atom.